The highest BCUT2D eigenvalue weighted by atomic mass is 16.4. The second kappa shape index (κ2) is 5.46. The van der Waals surface area contributed by atoms with Gasteiger partial charge in [-0.25, -0.2) is 0 Å². The number of carboxylic acids is 1. The molecule has 98 valence electrons. The first-order chi connectivity index (χ1) is 7.95. The Balaban J connectivity index is 2.79. The molecule has 0 aromatic rings. The Morgan fingerprint density at radius 1 is 1.53 bits per heavy atom. The van der Waals surface area contributed by atoms with Gasteiger partial charge in [0.25, 0.3) is 0 Å². The number of hydrogen-bond acceptors (Lipinski definition) is 4. The predicted octanol–water partition coefficient (Wildman–Crippen LogP) is -0.624. The molecule has 0 saturated carbocycles. The van der Waals surface area contributed by atoms with E-state index in [0.29, 0.717) is 6.54 Å². The van der Waals surface area contributed by atoms with E-state index < -0.39 is 11.5 Å². The number of carbonyl (C=O) groups is 2. The highest BCUT2D eigenvalue weighted by molar-refractivity contribution is 5.84. The normalized spacial score (nSPS) is 28.4. The van der Waals surface area contributed by atoms with E-state index >= 15 is 0 Å². The fraction of sp³-hybridized carbons (Fsp3) is 0.818. The number of unbranched alkanes of at least 4 members (excludes halogenated alkanes) is 1. The SMILES string of the molecule is CCCC[C@H]1CN(C(=O)CN)C[C@@]1(N)C(=O)O. The first-order valence-corrected chi connectivity index (χ1v) is 5.95. The second-order valence-corrected chi connectivity index (χ2v) is 4.66. The zero-order chi connectivity index (χ0) is 13.1. The Morgan fingerprint density at radius 2 is 2.18 bits per heavy atom. The molecule has 1 aliphatic rings. The Bertz CT molecular complexity index is 308. The van der Waals surface area contributed by atoms with E-state index in [2.05, 4.69) is 0 Å². The minimum atomic E-state index is -1.32. The van der Waals surface area contributed by atoms with Crippen LogP contribution in [0, 0.1) is 5.92 Å². The smallest absolute Gasteiger partial charge is 0.325 e. The molecule has 0 radical (unpaired) electrons. The Labute approximate surface area is 101 Å². The number of nitrogens with zero attached hydrogens (tertiary/aromatic N) is 1. The number of nitrogens with two attached hydrogens (primary N) is 2. The van der Waals surface area contributed by atoms with Crippen molar-refractivity contribution < 1.29 is 14.7 Å². The highest BCUT2D eigenvalue weighted by Crippen LogP contribution is 2.30. The van der Waals surface area contributed by atoms with Gasteiger partial charge in [-0.1, -0.05) is 19.8 Å². The molecular formula is C11H21N3O3. The summed E-state index contributed by atoms with van der Waals surface area (Å²) in [7, 11) is 0. The molecule has 5 N–H and O–H groups in total. The lowest BCUT2D eigenvalue weighted by molar-refractivity contribution is -0.144. The van der Waals surface area contributed by atoms with Crippen molar-refractivity contribution in [1.29, 1.82) is 0 Å². The molecule has 1 heterocycles. The number of hydrogen-bond donors (Lipinski definition) is 3. The number of amides is 1. The molecule has 1 amide bonds. The van der Waals surface area contributed by atoms with Crippen LogP contribution in [0.4, 0.5) is 0 Å². The molecule has 0 unspecified atom stereocenters. The van der Waals surface area contributed by atoms with Gasteiger partial charge < -0.3 is 21.5 Å². The highest BCUT2D eigenvalue weighted by Gasteiger charge is 2.50. The minimum absolute atomic E-state index is 0.0622. The van der Waals surface area contributed by atoms with E-state index in [0.717, 1.165) is 19.3 Å². The molecule has 0 aromatic carbocycles. The summed E-state index contributed by atoms with van der Waals surface area (Å²) in [5.74, 6) is -1.46. The van der Waals surface area contributed by atoms with Gasteiger partial charge in [0.05, 0.1) is 6.54 Å². The van der Waals surface area contributed by atoms with Crippen molar-refractivity contribution in [1.82, 2.24) is 4.90 Å². The molecule has 17 heavy (non-hydrogen) atoms. The van der Waals surface area contributed by atoms with Gasteiger partial charge in [-0.05, 0) is 6.42 Å². The quantitative estimate of drug-likeness (QED) is 0.596. The second-order valence-electron chi connectivity index (χ2n) is 4.66. The summed E-state index contributed by atoms with van der Waals surface area (Å²) < 4.78 is 0. The molecular weight excluding hydrogens is 222 g/mol. The maximum Gasteiger partial charge on any atom is 0.325 e. The Kier molecular flexibility index (Phi) is 4.47. The van der Waals surface area contributed by atoms with E-state index in [1.165, 1.54) is 4.90 Å². The fourth-order valence-corrected chi connectivity index (χ4v) is 2.30. The summed E-state index contributed by atoms with van der Waals surface area (Å²) >= 11 is 0. The molecule has 2 atom stereocenters. The molecule has 1 aliphatic heterocycles. The number of aliphatic carboxylic acids is 1. The summed E-state index contributed by atoms with van der Waals surface area (Å²) in [6.45, 7) is 2.40. The van der Waals surface area contributed by atoms with Crippen molar-refractivity contribution >= 4 is 11.9 Å². The first kappa shape index (κ1) is 13.9. The zero-order valence-corrected chi connectivity index (χ0v) is 10.2. The first-order valence-electron chi connectivity index (χ1n) is 5.95. The van der Waals surface area contributed by atoms with Gasteiger partial charge >= 0.3 is 5.97 Å². The average molecular weight is 243 g/mol. The summed E-state index contributed by atoms with van der Waals surface area (Å²) in [4.78, 5) is 24.2. The third-order valence-corrected chi connectivity index (χ3v) is 3.45. The average Bonchev–Trinajstić information content (AvgIpc) is 2.64. The summed E-state index contributed by atoms with van der Waals surface area (Å²) in [5, 5.41) is 9.22. The van der Waals surface area contributed by atoms with Crippen LogP contribution < -0.4 is 11.5 Å². The molecule has 1 fully saturated rings. The number of likely N-dealkylation sites (tertiary alicyclic amines) is 1. The van der Waals surface area contributed by atoms with E-state index in [1.54, 1.807) is 0 Å². The maximum absolute atomic E-state index is 11.5. The number of carboxylic acid groups (broad SMARTS) is 1. The summed E-state index contributed by atoms with van der Waals surface area (Å²) in [5.41, 5.74) is 9.90. The van der Waals surface area contributed by atoms with Crippen LogP contribution in [0.5, 0.6) is 0 Å². The summed E-state index contributed by atoms with van der Waals surface area (Å²) in [6, 6.07) is 0. The van der Waals surface area contributed by atoms with Crippen LogP contribution in [0.1, 0.15) is 26.2 Å². The molecule has 0 spiro atoms. The standard InChI is InChI=1S/C11H21N3O3/c1-2-3-4-8-6-14(9(15)5-12)7-11(8,13)10(16)17/h8H,2-7,12-13H2,1H3,(H,16,17)/t8-,11-/m0/s1. The van der Waals surface area contributed by atoms with Crippen LogP contribution in [0.25, 0.3) is 0 Å². The third-order valence-electron chi connectivity index (χ3n) is 3.45. The van der Waals surface area contributed by atoms with Crippen LogP contribution in [0.15, 0.2) is 0 Å². The van der Waals surface area contributed by atoms with Crippen LogP contribution in [-0.4, -0.2) is 47.1 Å². The summed E-state index contributed by atoms with van der Waals surface area (Å²) in [6.07, 6.45) is 2.63. The van der Waals surface area contributed by atoms with Gasteiger partial charge in [0, 0.05) is 19.0 Å². The van der Waals surface area contributed by atoms with Gasteiger partial charge in [0.1, 0.15) is 5.54 Å². The van der Waals surface area contributed by atoms with Gasteiger partial charge in [0.2, 0.25) is 5.91 Å². The van der Waals surface area contributed by atoms with Crippen molar-refractivity contribution in [3.63, 3.8) is 0 Å². The molecule has 0 bridgehead atoms. The van der Waals surface area contributed by atoms with Crippen LogP contribution in [-0.2, 0) is 9.59 Å². The minimum Gasteiger partial charge on any atom is -0.480 e. The number of rotatable bonds is 5. The van der Waals surface area contributed by atoms with E-state index in [1.807, 2.05) is 6.92 Å². The van der Waals surface area contributed by atoms with Crippen molar-refractivity contribution in [2.24, 2.45) is 17.4 Å². The van der Waals surface area contributed by atoms with E-state index in [9.17, 15) is 14.7 Å². The van der Waals surface area contributed by atoms with E-state index in [-0.39, 0.29) is 24.9 Å². The zero-order valence-electron chi connectivity index (χ0n) is 10.2. The maximum atomic E-state index is 11.5. The number of carbonyl (C=O) groups excluding carboxylic acids is 1. The van der Waals surface area contributed by atoms with Crippen molar-refractivity contribution in [3.05, 3.63) is 0 Å². The lowest BCUT2D eigenvalue weighted by Gasteiger charge is -2.25. The largest absolute Gasteiger partial charge is 0.480 e. The van der Waals surface area contributed by atoms with Gasteiger partial charge in [-0.3, -0.25) is 9.59 Å². The molecule has 1 rings (SSSR count). The predicted molar refractivity (Wildman–Crippen MR) is 63.2 cm³/mol. The molecule has 1 saturated heterocycles. The third kappa shape index (κ3) is 2.76. The van der Waals surface area contributed by atoms with Gasteiger partial charge in [-0.2, -0.15) is 0 Å². The molecule has 6 nitrogen and oxygen atoms in total. The lowest BCUT2D eigenvalue weighted by Crippen LogP contribution is -2.55. The van der Waals surface area contributed by atoms with Crippen LogP contribution in [0.2, 0.25) is 0 Å². The molecule has 0 aliphatic carbocycles. The van der Waals surface area contributed by atoms with Crippen LogP contribution >= 0.6 is 0 Å². The van der Waals surface area contributed by atoms with E-state index in [4.69, 9.17) is 11.5 Å². The van der Waals surface area contributed by atoms with Crippen molar-refractivity contribution in [2.75, 3.05) is 19.6 Å². The van der Waals surface area contributed by atoms with Crippen molar-refractivity contribution in [3.8, 4) is 0 Å². The van der Waals surface area contributed by atoms with Gasteiger partial charge in [-0.15, -0.1) is 0 Å². The van der Waals surface area contributed by atoms with Crippen LogP contribution in [0.3, 0.4) is 0 Å². The fourth-order valence-electron chi connectivity index (χ4n) is 2.30. The van der Waals surface area contributed by atoms with Crippen molar-refractivity contribution in [2.45, 2.75) is 31.7 Å². The topological polar surface area (TPSA) is 110 Å². The molecule has 6 heteroatoms. The molecule has 0 aromatic heterocycles. The van der Waals surface area contributed by atoms with Gasteiger partial charge in [0.15, 0.2) is 0 Å². The monoisotopic (exact) mass is 243 g/mol. The Morgan fingerprint density at radius 3 is 2.65 bits per heavy atom. The lowest BCUT2D eigenvalue weighted by atomic mass is 9.84. The Hall–Kier alpha value is -1.14.